The van der Waals surface area contributed by atoms with Crippen molar-refractivity contribution in [3.63, 3.8) is 0 Å². The summed E-state index contributed by atoms with van der Waals surface area (Å²) in [5.74, 6) is 0.126. The number of benzene rings is 3. The number of anilines is 1. The number of imide groups is 1. The molecule has 1 unspecified atom stereocenters. The standard InChI is InChI=1S/C30H26N4O4/c1-3-15-31-28(35)18-11-13-20(14-12-18)33-29(36)25-17-23-22-9-4-5-10-24(22)32-26(23)27(34(25)30(33)37)19-7-6-8-21(16-19)38-2/h3-14,16,25,27,32H,1,15,17H2,2H3,(H,31,35)/t25-,27?/m0/s1. The molecule has 0 bridgehead atoms. The highest BCUT2D eigenvalue weighted by Gasteiger charge is 2.53. The van der Waals surface area contributed by atoms with Crippen molar-refractivity contribution in [3.05, 3.63) is 108 Å². The Morgan fingerprint density at radius 3 is 2.66 bits per heavy atom. The number of carbonyl (C=O) groups excluding carboxylic acids is 3. The van der Waals surface area contributed by atoms with Crippen molar-refractivity contribution < 1.29 is 19.1 Å². The zero-order valence-electron chi connectivity index (χ0n) is 20.8. The summed E-state index contributed by atoms with van der Waals surface area (Å²) in [7, 11) is 1.60. The fourth-order valence-electron chi connectivity index (χ4n) is 5.50. The second-order valence-corrected chi connectivity index (χ2v) is 9.37. The van der Waals surface area contributed by atoms with Gasteiger partial charge in [0, 0.05) is 35.1 Å². The van der Waals surface area contributed by atoms with Crippen LogP contribution in [0.25, 0.3) is 10.9 Å². The van der Waals surface area contributed by atoms with Gasteiger partial charge in [0.25, 0.3) is 11.8 Å². The van der Waals surface area contributed by atoms with Crippen molar-refractivity contribution in [2.24, 2.45) is 0 Å². The molecule has 0 saturated carbocycles. The van der Waals surface area contributed by atoms with Crippen molar-refractivity contribution in [1.29, 1.82) is 0 Å². The molecule has 0 radical (unpaired) electrons. The minimum Gasteiger partial charge on any atom is -0.497 e. The molecule has 6 rings (SSSR count). The van der Waals surface area contributed by atoms with E-state index < -0.39 is 18.1 Å². The van der Waals surface area contributed by atoms with E-state index in [1.54, 1.807) is 42.4 Å². The summed E-state index contributed by atoms with van der Waals surface area (Å²) < 4.78 is 5.47. The largest absolute Gasteiger partial charge is 0.497 e. The molecule has 1 fully saturated rings. The van der Waals surface area contributed by atoms with Gasteiger partial charge < -0.3 is 15.0 Å². The van der Waals surface area contributed by atoms with Crippen molar-refractivity contribution in [2.75, 3.05) is 18.6 Å². The number of urea groups is 1. The van der Waals surface area contributed by atoms with E-state index in [1.807, 2.05) is 48.5 Å². The number of carbonyl (C=O) groups is 3. The van der Waals surface area contributed by atoms with Crippen LogP contribution in [0.15, 0.2) is 85.5 Å². The van der Waals surface area contributed by atoms with E-state index >= 15 is 0 Å². The van der Waals surface area contributed by atoms with Crippen LogP contribution in [0.2, 0.25) is 0 Å². The number of aromatic amines is 1. The predicted molar refractivity (Wildman–Crippen MR) is 144 cm³/mol. The van der Waals surface area contributed by atoms with Gasteiger partial charge in [0.05, 0.1) is 12.8 Å². The molecule has 4 aromatic rings. The number of nitrogens with one attached hydrogen (secondary N) is 2. The van der Waals surface area contributed by atoms with Crippen LogP contribution in [-0.4, -0.2) is 47.4 Å². The Morgan fingerprint density at radius 2 is 1.89 bits per heavy atom. The molecule has 190 valence electrons. The molecule has 2 N–H and O–H groups in total. The number of ether oxygens (including phenoxy) is 1. The maximum absolute atomic E-state index is 14.0. The minimum atomic E-state index is -0.666. The SMILES string of the molecule is C=CCNC(=O)c1ccc(N2C(=O)[C@@H]3Cc4c([nH]c5ccccc45)C(c4cccc(OC)c4)N3C2=O)cc1. The summed E-state index contributed by atoms with van der Waals surface area (Å²) in [6.07, 6.45) is 2.00. The fourth-order valence-corrected chi connectivity index (χ4v) is 5.50. The monoisotopic (exact) mass is 506 g/mol. The van der Waals surface area contributed by atoms with Crippen LogP contribution in [0.5, 0.6) is 5.75 Å². The molecular weight excluding hydrogens is 480 g/mol. The molecule has 2 atom stereocenters. The van der Waals surface area contributed by atoms with Crippen LogP contribution in [0.4, 0.5) is 10.5 Å². The van der Waals surface area contributed by atoms with E-state index in [2.05, 4.69) is 16.9 Å². The molecule has 0 spiro atoms. The van der Waals surface area contributed by atoms with Crippen LogP contribution in [0.1, 0.15) is 33.2 Å². The first-order chi connectivity index (χ1) is 18.5. The molecule has 2 aliphatic heterocycles. The number of para-hydroxylation sites is 1. The highest BCUT2D eigenvalue weighted by atomic mass is 16.5. The molecule has 2 aliphatic rings. The van der Waals surface area contributed by atoms with Crippen LogP contribution in [-0.2, 0) is 11.2 Å². The van der Waals surface area contributed by atoms with Crippen molar-refractivity contribution in [3.8, 4) is 5.75 Å². The number of rotatable bonds is 6. The Kier molecular flexibility index (Phi) is 5.72. The van der Waals surface area contributed by atoms with Crippen LogP contribution in [0, 0.1) is 0 Å². The van der Waals surface area contributed by atoms with E-state index in [0.717, 1.165) is 27.7 Å². The number of hydrogen-bond donors (Lipinski definition) is 2. The topological polar surface area (TPSA) is 94.7 Å². The Morgan fingerprint density at radius 1 is 1.11 bits per heavy atom. The Bertz CT molecular complexity index is 1590. The average Bonchev–Trinajstić information content (AvgIpc) is 3.44. The number of H-pyrrole nitrogens is 1. The lowest BCUT2D eigenvalue weighted by molar-refractivity contribution is -0.120. The molecule has 4 amide bonds. The molecule has 0 aliphatic carbocycles. The second kappa shape index (κ2) is 9.23. The van der Waals surface area contributed by atoms with Crippen LogP contribution >= 0.6 is 0 Å². The third-order valence-corrected chi connectivity index (χ3v) is 7.25. The third-order valence-electron chi connectivity index (χ3n) is 7.25. The number of hydrogen-bond acceptors (Lipinski definition) is 4. The first-order valence-corrected chi connectivity index (χ1v) is 12.4. The van der Waals surface area contributed by atoms with Gasteiger partial charge in [-0.1, -0.05) is 36.4 Å². The zero-order chi connectivity index (χ0) is 26.4. The second-order valence-electron chi connectivity index (χ2n) is 9.37. The van der Waals surface area contributed by atoms with E-state index in [1.165, 1.54) is 4.90 Å². The normalized spacial score (nSPS) is 18.3. The maximum atomic E-state index is 14.0. The quantitative estimate of drug-likeness (QED) is 0.296. The lowest BCUT2D eigenvalue weighted by Gasteiger charge is -2.36. The zero-order valence-corrected chi connectivity index (χ0v) is 20.8. The number of aromatic nitrogens is 1. The highest BCUT2D eigenvalue weighted by molar-refractivity contribution is 6.22. The van der Waals surface area contributed by atoms with Crippen molar-refractivity contribution in [1.82, 2.24) is 15.2 Å². The number of nitrogens with zero attached hydrogens (tertiary/aromatic N) is 2. The van der Waals surface area contributed by atoms with Gasteiger partial charge in [0.1, 0.15) is 17.8 Å². The Balaban J connectivity index is 1.42. The van der Waals surface area contributed by atoms with Gasteiger partial charge in [0.15, 0.2) is 0 Å². The summed E-state index contributed by atoms with van der Waals surface area (Å²) in [5, 5.41) is 3.77. The molecule has 3 heterocycles. The fraction of sp³-hybridized carbons (Fsp3) is 0.167. The summed E-state index contributed by atoms with van der Waals surface area (Å²) in [6, 6.07) is 20.5. The van der Waals surface area contributed by atoms with Crippen molar-refractivity contribution in [2.45, 2.75) is 18.5 Å². The predicted octanol–water partition coefficient (Wildman–Crippen LogP) is 4.58. The molecular formula is C30H26N4O4. The minimum absolute atomic E-state index is 0.253. The Hall–Kier alpha value is -4.85. The molecule has 38 heavy (non-hydrogen) atoms. The van der Waals surface area contributed by atoms with Gasteiger partial charge in [-0.25, -0.2) is 9.69 Å². The summed E-state index contributed by atoms with van der Waals surface area (Å²) in [4.78, 5) is 46.5. The van der Waals surface area contributed by atoms with Gasteiger partial charge in [0.2, 0.25) is 0 Å². The van der Waals surface area contributed by atoms with Crippen molar-refractivity contribution >= 4 is 34.4 Å². The summed E-state index contributed by atoms with van der Waals surface area (Å²) >= 11 is 0. The molecule has 8 nitrogen and oxygen atoms in total. The van der Waals surface area contributed by atoms with E-state index in [0.29, 0.717) is 30.0 Å². The van der Waals surface area contributed by atoms with Crippen LogP contribution in [0.3, 0.4) is 0 Å². The number of fused-ring (bicyclic) bond motifs is 4. The van der Waals surface area contributed by atoms with Gasteiger partial charge in [-0.2, -0.15) is 0 Å². The van der Waals surface area contributed by atoms with Gasteiger partial charge >= 0.3 is 6.03 Å². The lowest BCUT2D eigenvalue weighted by Crippen LogP contribution is -2.44. The first kappa shape index (κ1) is 23.5. The number of amides is 4. The molecule has 1 aromatic heterocycles. The van der Waals surface area contributed by atoms with Gasteiger partial charge in [-0.05, 0) is 53.6 Å². The summed E-state index contributed by atoms with van der Waals surface area (Å²) in [6.45, 7) is 3.95. The van der Waals surface area contributed by atoms with E-state index in [4.69, 9.17) is 4.74 Å². The molecule has 8 heteroatoms. The third kappa shape index (κ3) is 3.64. The lowest BCUT2D eigenvalue weighted by atomic mass is 9.89. The smallest absolute Gasteiger partial charge is 0.332 e. The van der Waals surface area contributed by atoms with Gasteiger partial charge in [-0.15, -0.1) is 6.58 Å². The maximum Gasteiger partial charge on any atom is 0.332 e. The number of methoxy groups -OCH3 is 1. The Labute approximate surface area is 219 Å². The summed E-state index contributed by atoms with van der Waals surface area (Å²) in [5.41, 5.74) is 4.60. The van der Waals surface area contributed by atoms with E-state index in [9.17, 15) is 14.4 Å². The average molecular weight is 507 g/mol. The molecule has 1 saturated heterocycles. The first-order valence-electron chi connectivity index (χ1n) is 12.4. The molecule has 3 aromatic carbocycles. The van der Waals surface area contributed by atoms with Crippen LogP contribution < -0.4 is 15.0 Å². The van der Waals surface area contributed by atoms with E-state index in [-0.39, 0.29) is 11.8 Å². The highest BCUT2D eigenvalue weighted by Crippen LogP contribution is 2.45. The van der Waals surface area contributed by atoms with Gasteiger partial charge in [-0.3, -0.25) is 14.5 Å².